The van der Waals surface area contributed by atoms with Gasteiger partial charge in [-0.25, -0.2) is 0 Å². The molecule has 0 spiro atoms. The molecule has 0 amide bonds. The third-order valence-electron chi connectivity index (χ3n) is 4.10. The summed E-state index contributed by atoms with van der Waals surface area (Å²) in [5.41, 5.74) is 1.01. The third-order valence-corrected chi connectivity index (χ3v) is 10.4. The summed E-state index contributed by atoms with van der Waals surface area (Å²) in [6.45, 7) is 6.79. The van der Waals surface area contributed by atoms with Gasteiger partial charge in [0.15, 0.2) is 8.32 Å². The molecule has 0 aliphatic carbocycles. The molecule has 21 heavy (non-hydrogen) atoms. The monoisotopic (exact) mass is 383 g/mol. The topological polar surface area (TPSA) is 22.1 Å². The fourth-order valence-electron chi connectivity index (χ4n) is 2.51. The summed E-state index contributed by atoms with van der Waals surface area (Å²) in [5, 5.41) is 2.11. The molecule has 2 aromatic heterocycles. The minimum Gasteiger partial charge on any atom is -0.403 e. The first kappa shape index (κ1) is 16.9. The van der Waals surface area contributed by atoms with Crippen molar-refractivity contribution in [3.8, 4) is 0 Å². The highest BCUT2D eigenvalue weighted by Crippen LogP contribution is 2.37. The van der Waals surface area contributed by atoms with Gasteiger partial charge in [0.25, 0.3) is 0 Å². The van der Waals surface area contributed by atoms with E-state index in [0.29, 0.717) is 0 Å². The van der Waals surface area contributed by atoms with E-state index in [9.17, 15) is 0 Å². The van der Waals surface area contributed by atoms with Gasteiger partial charge in [-0.15, -0.1) is 11.3 Å². The van der Waals surface area contributed by atoms with Crippen molar-refractivity contribution in [1.82, 2.24) is 4.98 Å². The Morgan fingerprint density at radius 1 is 1.24 bits per heavy atom. The Hall–Kier alpha value is -0.493. The Balaban J connectivity index is 2.37. The molecule has 0 aliphatic heterocycles. The smallest absolute Gasteiger partial charge is 0.193 e. The molecular weight excluding hydrogens is 362 g/mol. The van der Waals surface area contributed by atoms with Crippen LogP contribution in [-0.2, 0) is 4.43 Å². The SMILES string of the molecule is CC[Si](CC)(CC)OC(c1ccccn1)c1cc(Br)cs1. The second kappa shape index (κ2) is 7.67. The fourth-order valence-corrected chi connectivity index (χ4v) is 6.83. The van der Waals surface area contributed by atoms with Gasteiger partial charge in [0.1, 0.15) is 6.10 Å². The van der Waals surface area contributed by atoms with Crippen LogP contribution in [-0.4, -0.2) is 13.3 Å². The lowest BCUT2D eigenvalue weighted by atomic mass is 10.2. The molecule has 2 aromatic rings. The van der Waals surface area contributed by atoms with Crippen molar-refractivity contribution in [3.63, 3.8) is 0 Å². The largest absolute Gasteiger partial charge is 0.403 e. The van der Waals surface area contributed by atoms with E-state index in [1.54, 1.807) is 11.3 Å². The molecule has 0 aromatic carbocycles. The van der Waals surface area contributed by atoms with E-state index in [0.717, 1.165) is 28.3 Å². The average molecular weight is 384 g/mol. The zero-order valence-electron chi connectivity index (χ0n) is 12.8. The van der Waals surface area contributed by atoms with Gasteiger partial charge in [-0.3, -0.25) is 4.98 Å². The molecule has 0 saturated carbocycles. The average Bonchev–Trinajstić information content (AvgIpc) is 2.96. The van der Waals surface area contributed by atoms with E-state index in [1.165, 1.54) is 4.88 Å². The molecule has 0 bridgehead atoms. The molecule has 0 N–H and O–H groups in total. The van der Waals surface area contributed by atoms with Gasteiger partial charge in [0.2, 0.25) is 0 Å². The lowest BCUT2D eigenvalue weighted by molar-refractivity contribution is 0.229. The summed E-state index contributed by atoms with van der Waals surface area (Å²) in [7, 11) is -1.69. The molecule has 0 aliphatic rings. The van der Waals surface area contributed by atoms with Crippen LogP contribution < -0.4 is 0 Å². The molecule has 1 unspecified atom stereocenters. The summed E-state index contributed by atoms with van der Waals surface area (Å²) in [5.74, 6) is 0. The maximum absolute atomic E-state index is 6.74. The van der Waals surface area contributed by atoms with Crippen molar-refractivity contribution >= 4 is 35.6 Å². The predicted octanol–water partition coefficient (Wildman–Crippen LogP) is 6.02. The first-order valence-corrected chi connectivity index (χ1v) is 11.7. The minimum atomic E-state index is -1.69. The van der Waals surface area contributed by atoms with Crippen molar-refractivity contribution in [3.05, 3.63) is 50.9 Å². The van der Waals surface area contributed by atoms with Crippen LogP contribution in [0.5, 0.6) is 0 Å². The molecule has 2 nitrogen and oxygen atoms in total. The van der Waals surface area contributed by atoms with E-state index in [1.807, 2.05) is 18.3 Å². The van der Waals surface area contributed by atoms with Gasteiger partial charge in [-0.05, 0) is 52.3 Å². The van der Waals surface area contributed by atoms with Crippen LogP contribution in [0.25, 0.3) is 0 Å². The lowest BCUT2D eigenvalue weighted by Crippen LogP contribution is -2.37. The third kappa shape index (κ3) is 4.03. The second-order valence-electron chi connectivity index (χ2n) is 5.16. The van der Waals surface area contributed by atoms with Gasteiger partial charge in [-0.2, -0.15) is 0 Å². The number of aromatic nitrogens is 1. The number of rotatable bonds is 7. The van der Waals surface area contributed by atoms with Crippen LogP contribution in [0.2, 0.25) is 18.1 Å². The lowest BCUT2D eigenvalue weighted by Gasteiger charge is -2.32. The molecule has 114 valence electrons. The van der Waals surface area contributed by atoms with Gasteiger partial charge < -0.3 is 4.43 Å². The van der Waals surface area contributed by atoms with Crippen molar-refractivity contribution in [2.24, 2.45) is 0 Å². The van der Waals surface area contributed by atoms with E-state index < -0.39 is 8.32 Å². The molecule has 2 rings (SSSR count). The van der Waals surface area contributed by atoms with Crippen LogP contribution in [0.15, 0.2) is 40.3 Å². The van der Waals surface area contributed by atoms with Gasteiger partial charge in [0.05, 0.1) is 5.69 Å². The van der Waals surface area contributed by atoms with Crippen molar-refractivity contribution in [1.29, 1.82) is 0 Å². The zero-order chi connectivity index (χ0) is 15.3. The van der Waals surface area contributed by atoms with Crippen molar-refractivity contribution < 1.29 is 4.43 Å². The first-order chi connectivity index (χ1) is 10.1. The Kier molecular flexibility index (Phi) is 6.16. The van der Waals surface area contributed by atoms with E-state index in [4.69, 9.17) is 4.43 Å². The van der Waals surface area contributed by atoms with Crippen molar-refractivity contribution in [2.75, 3.05) is 0 Å². The van der Waals surface area contributed by atoms with E-state index in [2.05, 4.69) is 59.2 Å². The molecular formula is C16H22BrNOSSi. The highest BCUT2D eigenvalue weighted by atomic mass is 79.9. The van der Waals surface area contributed by atoms with Crippen LogP contribution in [0, 0.1) is 0 Å². The van der Waals surface area contributed by atoms with Crippen LogP contribution >= 0.6 is 27.3 Å². The summed E-state index contributed by atoms with van der Waals surface area (Å²) >= 11 is 5.28. The molecule has 1 atom stereocenters. The molecule has 0 fully saturated rings. The summed E-state index contributed by atoms with van der Waals surface area (Å²) < 4.78 is 7.85. The second-order valence-corrected chi connectivity index (χ2v) is 11.7. The molecule has 0 saturated heterocycles. The minimum absolute atomic E-state index is 0.0333. The quantitative estimate of drug-likeness (QED) is 0.545. The summed E-state index contributed by atoms with van der Waals surface area (Å²) in [6, 6.07) is 11.7. The molecule has 0 radical (unpaired) electrons. The predicted molar refractivity (Wildman–Crippen MR) is 96.4 cm³/mol. The summed E-state index contributed by atoms with van der Waals surface area (Å²) in [4.78, 5) is 5.77. The fraction of sp³-hybridized carbons (Fsp3) is 0.438. The zero-order valence-corrected chi connectivity index (χ0v) is 16.2. The van der Waals surface area contributed by atoms with Crippen LogP contribution in [0.4, 0.5) is 0 Å². The van der Waals surface area contributed by atoms with Gasteiger partial charge in [-0.1, -0.05) is 26.8 Å². The van der Waals surface area contributed by atoms with Crippen LogP contribution in [0.3, 0.4) is 0 Å². The highest BCUT2D eigenvalue weighted by Gasteiger charge is 2.34. The van der Waals surface area contributed by atoms with Crippen LogP contribution in [0.1, 0.15) is 37.4 Å². The number of halogens is 1. The Bertz CT molecular complexity index is 548. The van der Waals surface area contributed by atoms with Gasteiger partial charge in [0, 0.05) is 20.9 Å². The Morgan fingerprint density at radius 3 is 2.43 bits per heavy atom. The molecule has 2 heterocycles. The highest BCUT2D eigenvalue weighted by molar-refractivity contribution is 9.10. The number of pyridine rings is 1. The Morgan fingerprint density at radius 2 is 1.95 bits per heavy atom. The Labute approximate surface area is 140 Å². The number of nitrogens with zero attached hydrogens (tertiary/aromatic N) is 1. The van der Waals surface area contributed by atoms with E-state index in [-0.39, 0.29) is 6.10 Å². The normalized spacial score (nSPS) is 13.3. The maximum atomic E-state index is 6.74. The van der Waals surface area contributed by atoms with Gasteiger partial charge >= 0.3 is 0 Å². The number of hydrogen-bond acceptors (Lipinski definition) is 3. The standard InChI is InChI=1S/C16H22BrNOSSi/c1-4-21(5-2,6-3)19-16(14-9-7-8-10-18-14)15-11-13(17)12-20-15/h7-12,16H,4-6H2,1-3H3. The van der Waals surface area contributed by atoms with E-state index >= 15 is 0 Å². The number of hydrogen-bond donors (Lipinski definition) is 0. The molecule has 5 heteroatoms. The first-order valence-electron chi connectivity index (χ1n) is 7.46. The maximum Gasteiger partial charge on any atom is 0.193 e. The van der Waals surface area contributed by atoms with Crippen molar-refractivity contribution in [2.45, 2.75) is 45.0 Å². The summed E-state index contributed by atoms with van der Waals surface area (Å²) in [6.07, 6.45) is 1.82. The number of thiophene rings is 1.